The molecule has 1 saturated heterocycles. The van der Waals surface area contributed by atoms with Crippen LogP contribution in [0.25, 0.3) is 10.2 Å². The standard InChI is InChI=1S/C21H19F4N3O2S/c1-30-14-5-7-17-18(10-14)31-20(27-17)28-8-2-3-12(11-28)19(29)26-13-4-6-16(22)15(9-13)21(23,24)25/h4-7,9-10,12H,2-3,8,11H2,1H3,(H,26,29). The molecule has 1 aromatic heterocycles. The van der Waals surface area contributed by atoms with Crippen molar-refractivity contribution in [2.24, 2.45) is 5.92 Å². The third-order valence-corrected chi connectivity index (χ3v) is 6.27. The van der Waals surface area contributed by atoms with E-state index in [0.29, 0.717) is 25.1 Å². The number of rotatable bonds is 4. The lowest BCUT2D eigenvalue weighted by Gasteiger charge is -2.31. The van der Waals surface area contributed by atoms with Crippen molar-refractivity contribution < 1.29 is 27.1 Å². The molecule has 4 rings (SSSR count). The highest BCUT2D eigenvalue weighted by atomic mass is 32.1. The van der Waals surface area contributed by atoms with E-state index in [1.165, 1.54) is 11.3 Å². The topological polar surface area (TPSA) is 54.5 Å². The number of methoxy groups -OCH3 is 1. The van der Waals surface area contributed by atoms with Gasteiger partial charge in [-0.2, -0.15) is 13.2 Å². The van der Waals surface area contributed by atoms with E-state index < -0.39 is 29.4 Å². The average Bonchev–Trinajstić information content (AvgIpc) is 3.17. The van der Waals surface area contributed by atoms with Gasteiger partial charge in [0.25, 0.3) is 0 Å². The first-order valence-corrected chi connectivity index (χ1v) is 10.4. The second kappa shape index (κ2) is 8.33. The smallest absolute Gasteiger partial charge is 0.419 e. The van der Waals surface area contributed by atoms with Gasteiger partial charge < -0.3 is 15.0 Å². The molecule has 164 valence electrons. The Morgan fingerprint density at radius 2 is 2.06 bits per heavy atom. The molecule has 0 saturated carbocycles. The maximum absolute atomic E-state index is 13.5. The van der Waals surface area contributed by atoms with E-state index in [-0.39, 0.29) is 5.69 Å². The van der Waals surface area contributed by atoms with E-state index in [2.05, 4.69) is 10.3 Å². The first kappa shape index (κ1) is 21.4. The Hall–Kier alpha value is -2.88. The molecule has 1 atom stereocenters. The summed E-state index contributed by atoms with van der Waals surface area (Å²) in [5.41, 5.74) is -0.651. The van der Waals surface area contributed by atoms with Gasteiger partial charge in [0.15, 0.2) is 5.13 Å². The zero-order valence-corrected chi connectivity index (χ0v) is 17.3. The van der Waals surface area contributed by atoms with Gasteiger partial charge in [0.05, 0.1) is 28.8 Å². The minimum Gasteiger partial charge on any atom is -0.497 e. The lowest BCUT2D eigenvalue weighted by molar-refractivity contribution is -0.140. The number of aromatic nitrogens is 1. The number of hydrogen-bond donors (Lipinski definition) is 1. The molecule has 0 spiro atoms. The van der Waals surface area contributed by atoms with Gasteiger partial charge >= 0.3 is 6.18 Å². The van der Waals surface area contributed by atoms with Crippen LogP contribution in [0, 0.1) is 11.7 Å². The van der Waals surface area contributed by atoms with Crippen LogP contribution in [0.5, 0.6) is 5.75 Å². The fourth-order valence-electron chi connectivity index (χ4n) is 3.58. The van der Waals surface area contributed by atoms with Gasteiger partial charge in [0.1, 0.15) is 11.6 Å². The van der Waals surface area contributed by atoms with E-state index in [1.54, 1.807) is 7.11 Å². The summed E-state index contributed by atoms with van der Waals surface area (Å²) in [6.07, 6.45) is -3.48. The highest BCUT2D eigenvalue weighted by molar-refractivity contribution is 7.22. The number of hydrogen-bond acceptors (Lipinski definition) is 5. The quantitative estimate of drug-likeness (QED) is 0.544. The Labute approximate surface area is 179 Å². The molecule has 0 radical (unpaired) electrons. The van der Waals surface area contributed by atoms with E-state index in [1.807, 2.05) is 23.1 Å². The molecule has 0 bridgehead atoms. The van der Waals surface area contributed by atoms with Crippen LogP contribution in [0.1, 0.15) is 18.4 Å². The number of thiazole rings is 1. The Balaban J connectivity index is 1.48. The van der Waals surface area contributed by atoms with E-state index >= 15 is 0 Å². The first-order chi connectivity index (χ1) is 14.7. The van der Waals surface area contributed by atoms with Crippen LogP contribution < -0.4 is 15.0 Å². The number of amides is 1. The SMILES string of the molecule is COc1ccc2nc(N3CCCC(C(=O)Nc4ccc(F)c(C(F)(F)F)c4)C3)sc2c1. The van der Waals surface area contributed by atoms with Gasteiger partial charge in [-0.05, 0) is 49.2 Å². The lowest BCUT2D eigenvalue weighted by Crippen LogP contribution is -2.40. The van der Waals surface area contributed by atoms with Crippen LogP contribution in [0.15, 0.2) is 36.4 Å². The largest absolute Gasteiger partial charge is 0.497 e. The van der Waals surface area contributed by atoms with Crippen LogP contribution in [-0.2, 0) is 11.0 Å². The van der Waals surface area contributed by atoms with Gasteiger partial charge in [-0.15, -0.1) is 0 Å². The number of anilines is 2. The number of benzene rings is 2. The van der Waals surface area contributed by atoms with Gasteiger partial charge in [-0.25, -0.2) is 9.37 Å². The predicted molar refractivity (Wildman–Crippen MR) is 111 cm³/mol. The molecular weight excluding hydrogens is 434 g/mol. The molecule has 1 unspecified atom stereocenters. The number of ether oxygens (including phenoxy) is 1. The van der Waals surface area contributed by atoms with Crippen LogP contribution >= 0.6 is 11.3 Å². The minimum atomic E-state index is -4.83. The molecule has 1 aliphatic heterocycles. The molecule has 3 aromatic rings. The summed E-state index contributed by atoms with van der Waals surface area (Å²) in [5, 5.41) is 3.28. The minimum absolute atomic E-state index is 0.0806. The fraction of sp³-hybridized carbons (Fsp3) is 0.333. The molecule has 2 heterocycles. The average molecular weight is 453 g/mol. The number of nitrogens with zero attached hydrogens (tertiary/aromatic N) is 2. The van der Waals surface area contributed by atoms with Gasteiger partial charge in [0.2, 0.25) is 5.91 Å². The molecular formula is C21H19F4N3O2S. The van der Waals surface area contributed by atoms with Crippen molar-refractivity contribution in [1.29, 1.82) is 0 Å². The van der Waals surface area contributed by atoms with E-state index in [4.69, 9.17) is 4.74 Å². The van der Waals surface area contributed by atoms with Crippen LogP contribution in [-0.4, -0.2) is 31.1 Å². The zero-order valence-electron chi connectivity index (χ0n) is 16.5. The number of fused-ring (bicyclic) bond motifs is 1. The number of piperidine rings is 1. The number of nitrogens with one attached hydrogen (secondary N) is 1. The highest BCUT2D eigenvalue weighted by Gasteiger charge is 2.35. The third-order valence-electron chi connectivity index (χ3n) is 5.19. The normalized spacial score (nSPS) is 17.1. The monoisotopic (exact) mass is 453 g/mol. The first-order valence-electron chi connectivity index (χ1n) is 9.62. The summed E-state index contributed by atoms with van der Waals surface area (Å²) in [6, 6.07) is 8.06. The molecule has 5 nitrogen and oxygen atoms in total. The summed E-state index contributed by atoms with van der Waals surface area (Å²) >= 11 is 1.49. The number of alkyl halides is 3. The summed E-state index contributed by atoms with van der Waals surface area (Å²) in [6.45, 7) is 1.13. The predicted octanol–water partition coefficient (Wildman–Crippen LogP) is 5.32. The lowest BCUT2D eigenvalue weighted by atomic mass is 9.97. The molecule has 2 aromatic carbocycles. The van der Waals surface area contributed by atoms with Gasteiger partial charge in [0, 0.05) is 18.8 Å². The van der Waals surface area contributed by atoms with E-state index in [0.717, 1.165) is 40.1 Å². The van der Waals surface area contributed by atoms with Crippen LogP contribution in [0.3, 0.4) is 0 Å². The molecule has 0 aliphatic carbocycles. The fourth-order valence-corrected chi connectivity index (χ4v) is 4.61. The van der Waals surface area contributed by atoms with Crippen molar-refractivity contribution in [3.63, 3.8) is 0 Å². The molecule has 31 heavy (non-hydrogen) atoms. The Morgan fingerprint density at radius 1 is 1.26 bits per heavy atom. The van der Waals surface area contributed by atoms with Crippen molar-refractivity contribution in [2.45, 2.75) is 19.0 Å². The molecule has 1 amide bonds. The summed E-state index contributed by atoms with van der Waals surface area (Å²) in [4.78, 5) is 19.3. The maximum atomic E-state index is 13.5. The highest BCUT2D eigenvalue weighted by Crippen LogP contribution is 2.35. The molecule has 1 fully saturated rings. The molecule has 1 N–H and O–H groups in total. The maximum Gasteiger partial charge on any atom is 0.419 e. The molecule has 10 heteroatoms. The van der Waals surface area contributed by atoms with Crippen molar-refractivity contribution in [1.82, 2.24) is 4.98 Å². The summed E-state index contributed by atoms with van der Waals surface area (Å²) < 4.78 is 58.4. The number of halogens is 4. The van der Waals surface area contributed by atoms with Crippen LogP contribution in [0.2, 0.25) is 0 Å². The van der Waals surface area contributed by atoms with Gasteiger partial charge in [-0.1, -0.05) is 11.3 Å². The summed E-state index contributed by atoms with van der Waals surface area (Å²) in [5.74, 6) is -1.46. The molecule has 1 aliphatic rings. The summed E-state index contributed by atoms with van der Waals surface area (Å²) in [7, 11) is 1.59. The number of carbonyl (C=O) groups excluding carboxylic acids is 1. The van der Waals surface area contributed by atoms with Crippen molar-refractivity contribution >= 4 is 38.3 Å². The zero-order chi connectivity index (χ0) is 22.2. The number of carbonyl (C=O) groups is 1. The van der Waals surface area contributed by atoms with E-state index in [9.17, 15) is 22.4 Å². The van der Waals surface area contributed by atoms with Gasteiger partial charge in [-0.3, -0.25) is 4.79 Å². The third kappa shape index (κ3) is 4.58. The Bertz CT molecular complexity index is 1120. The Kier molecular flexibility index (Phi) is 5.74. The van der Waals surface area contributed by atoms with Crippen LogP contribution in [0.4, 0.5) is 28.4 Å². The second-order valence-corrected chi connectivity index (χ2v) is 8.31. The second-order valence-electron chi connectivity index (χ2n) is 7.30. The van der Waals surface area contributed by atoms with Crippen molar-refractivity contribution in [3.8, 4) is 5.75 Å². The van der Waals surface area contributed by atoms with Crippen molar-refractivity contribution in [3.05, 3.63) is 47.8 Å². The van der Waals surface area contributed by atoms with Crippen molar-refractivity contribution in [2.75, 3.05) is 30.4 Å². The Morgan fingerprint density at radius 3 is 2.81 bits per heavy atom.